The number of carbonyl (C=O) groups is 1. The molecule has 0 bridgehead atoms. The predicted octanol–water partition coefficient (Wildman–Crippen LogP) is 7.93. The zero-order valence-electron chi connectivity index (χ0n) is 23.9. The normalized spacial score (nSPS) is 13.3. The first-order valence-corrected chi connectivity index (χ1v) is 14.0. The van der Waals surface area contributed by atoms with Crippen molar-refractivity contribution < 1.29 is 19.0 Å². The maximum atomic E-state index is 12.5. The van der Waals surface area contributed by atoms with Crippen LogP contribution in [0.4, 0.5) is 4.79 Å². The van der Waals surface area contributed by atoms with Gasteiger partial charge in [0.05, 0.1) is 0 Å². The fourth-order valence-electron chi connectivity index (χ4n) is 4.60. The number of aromatic nitrogens is 1. The van der Waals surface area contributed by atoms with Gasteiger partial charge in [-0.15, -0.1) is 0 Å². The van der Waals surface area contributed by atoms with E-state index in [1.807, 2.05) is 99.6 Å². The lowest BCUT2D eigenvalue weighted by atomic mass is 9.96. The number of nitrogens with zero attached hydrogens (tertiary/aromatic N) is 2. The molecule has 0 saturated carbocycles. The van der Waals surface area contributed by atoms with Gasteiger partial charge in [0.25, 0.3) is 0 Å². The third-order valence-electron chi connectivity index (χ3n) is 6.69. The molecule has 210 valence electrons. The minimum absolute atomic E-state index is 0.276. The van der Waals surface area contributed by atoms with Crippen molar-refractivity contribution in [1.29, 1.82) is 0 Å². The van der Waals surface area contributed by atoms with Gasteiger partial charge in [-0.2, -0.15) is 4.98 Å². The summed E-state index contributed by atoms with van der Waals surface area (Å²) in [5.41, 5.74) is 5.84. The molecule has 0 spiro atoms. The molecule has 1 amide bonds. The maximum absolute atomic E-state index is 12.5. The van der Waals surface area contributed by atoms with Crippen LogP contribution in [0.25, 0.3) is 16.7 Å². The lowest BCUT2D eigenvalue weighted by molar-refractivity contribution is 0.0270. The smallest absolute Gasteiger partial charge is 0.410 e. The molecular weight excluding hydrogens is 512 g/mol. The second-order valence-electron chi connectivity index (χ2n) is 11.0. The Balaban J connectivity index is 1.37. The summed E-state index contributed by atoms with van der Waals surface area (Å²) < 4.78 is 17.8. The van der Waals surface area contributed by atoms with E-state index in [4.69, 9.17) is 19.2 Å². The third-order valence-corrected chi connectivity index (χ3v) is 6.69. The van der Waals surface area contributed by atoms with Crippen LogP contribution >= 0.6 is 0 Å². The highest BCUT2D eigenvalue weighted by Gasteiger charge is 2.24. The second kappa shape index (κ2) is 12.7. The van der Waals surface area contributed by atoms with E-state index in [0.717, 1.165) is 34.2 Å². The van der Waals surface area contributed by atoms with Crippen LogP contribution < -0.4 is 9.47 Å². The monoisotopic (exact) mass is 548 g/mol. The van der Waals surface area contributed by atoms with E-state index in [9.17, 15) is 4.79 Å². The number of pyridine rings is 1. The summed E-state index contributed by atoms with van der Waals surface area (Å²) in [4.78, 5) is 19.0. The Morgan fingerprint density at radius 2 is 1.46 bits per heavy atom. The first-order valence-electron chi connectivity index (χ1n) is 14.0. The van der Waals surface area contributed by atoms with Crippen molar-refractivity contribution in [2.24, 2.45) is 0 Å². The Bertz CT molecular complexity index is 1490. The molecule has 4 aromatic rings. The van der Waals surface area contributed by atoms with E-state index in [2.05, 4.69) is 24.3 Å². The van der Waals surface area contributed by atoms with E-state index >= 15 is 0 Å². The van der Waals surface area contributed by atoms with E-state index in [0.29, 0.717) is 38.1 Å². The molecule has 0 saturated heterocycles. The molecule has 0 radical (unpaired) electrons. The van der Waals surface area contributed by atoms with Gasteiger partial charge in [0, 0.05) is 24.7 Å². The molecule has 0 unspecified atom stereocenters. The highest BCUT2D eigenvalue weighted by atomic mass is 16.6. The van der Waals surface area contributed by atoms with Crippen LogP contribution in [0.2, 0.25) is 0 Å². The molecule has 1 aliphatic heterocycles. The van der Waals surface area contributed by atoms with Gasteiger partial charge in [0.1, 0.15) is 18.8 Å². The fraction of sp³-hybridized carbons (Fsp3) is 0.257. The topological polar surface area (TPSA) is 60.9 Å². The van der Waals surface area contributed by atoms with Crippen molar-refractivity contribution in [2.45, 2.75) is 46.0 Å². The fourth-order valence-corrected chi connectivity index (χ4v) is 4.60. The maximum Gasteiger partial charge on any atom is 0.410 e. The van der Waals surface area contributed by atoms with E-state index in [-0.39, 0.29) is 6.09 Å². The van der Waals surface area contributed by atoms with Gasteiger partial charge < -0.3 is 19.1 Å². The van der Waals surface area contributed by atoms with Gasteiger partial charge in [0.15, 0.2) is 0 Å². The Hall–Kier alpha value is -4.58. The molecule has 0 N–H and O–H groups in total. The van der Waals surface area contributed by atoms with Crippen molar-refractivity contribution in [3.8, 4) is 22.9 Å². The van der Waals surface area contributed by atoms with Crippen LogP contribution in [0.15, 0.2) is 103 Å². The molecule has 0 fully saturated rings. The van der Waals surface area contributed by atoms with E-state index < -0.39 is 5.60 Å². The Morgan fingerprint density at radius 3 is 2.10 bits per heavy atom. The molecular formula is C35H36N2O4. The van der Waals surface area contributed by atoms with Crippen molar-refractivity contribution in [1.82, 2.24) is 9.88 Å². The highest BCUT2D eigenvalue weighted by molar-refractivity contribution is 5.77. The van der Waals surface area contributed by atoms with Crippen LogP contribution in [-0.2, 0) is 18.0 Å². The summed E-state index contributed by atoms with van der Waals surface area (Å²) >= 11 is 0. The first-order chi connectivity index (χ1) is 19.8. The second-order valence-corrected chi connectivity index (χ2v) is 11.0. The summed E-state index contributed by atoms with van der Waals surface area (Å²) in [6.45, 7) is 7.62. The van der Waals surface area contributed by atoms with Crippen molar-refractivity contribution >= 4 is 11.7 Å². The molecule has 0 atom stereocenters. The van der Waals surface area contributed by atoms with Crippen LogP contribution in [0, 0.1) is 0 Å². The number of ether oxygens (including phenoxy) is 3. The van der Waals surface area contributed by atoms with E-state index in [1.165, 1.54) is 5.57 Å². The number of carbonyl (C=O) groups excluding carboxylic acids is 1. The summed E-state index contributed by atoms with van der Waals surface area (Å²) in [6.07, 6.45) is 2.59. The zero-order chi connectivity index (χ0) is 28.7. The van der Waals surface area contributed by atoms with Gasteiger partial charge >= 0.3 is 6.09 Å². The molecule has 5 rings (SSSR count). The molecule has 2 heterocycles. The lowest BCUT2D eigenvalue weighted by Crippen LogP contribution is -2.39. The minimum atomic E-state index is -0.508. The first kappa shape index (κ1) is 28.0. The Morgan fingerprint density at radius 1 is 0.805 bits per heavy atom. The summed E-state index contributed by atoms with van der Waals surface area (Å²) in [5, 5.41) is 0. The zero-order valence-corrected chi connectivity index (χ0v) is 23.9. The largest absolute Gasteiger partial charge is 0.473 e. The average molecular weight is 549 g/mol. The minimum Gasteiger partial charge on any atom is -0.473 e. The average Bonchev–Trinajstić information content (AvgIpc) is 2.99. The summed E-state index contributed by atoms with van der Waals surface area (Å²) in [7, 11) is 0. The quantitative estimate of drug-likeness (QED) is 0.224. The van der Waals surface area contributed by atoms with Gasteiger partial charge in [-0.3, -0.25) is 0 Å². The lowest BCUT2D eigenvalue weighted by Gasteiger charge is -2.29. The van der Waals surface area contributed by atoms with Crippen molar-refractivity contribution in [3.05, 3.63) is 120 Å². The molecule has 1 aromatic heterocycles. The molecule has 41 heavy (non-hydrogen) atoms. The molecule has 6 heteroatoms. The van der Waals surface area contributed by atoms with Gasteiger partial charge in [0.2, 0.25) is 11.8 Å². The van der Waals surface area contributed by atoms with E-state index in [1.54, 1.807) is 4.90 Å². The van der Waals surface area contributed by atoms with Crippen LogP contribution in [0.5, 0.6) is 11.8 Å². The standard InChI is InChI=1S/C35H36N2O4/c1-35(2,3)41-34(38)37-21-19-28(20-22-37)29-15-10-16-30(23-29)31-17-18-32(39-24-26-11-6-4-7-12-26)36-33(31)40-25-27-13-8-5-9-14-27/h4-19,23H,20-22,24-25H2,1-3H3. The van der Waals surface area contributed by atoms with Crippen molar-refractivity contribution in [2.75, 3.05) is 13.1 Å². The molecule has 0 aliphatic carbocycles. The Labute approximate surface area is 242 Å². The Kier molecular flexibility index (Phi) is 8.68. The third kappa shape index (κ3) is 7.76. The number of amides is 1. The summed E-state index contributed by atoms with van der Waals surface area (Å²) in [5.74, 6) is 1.03. The predicted molar refractivity (Wildman–Crippen MR) is 162 cm³/mol. The van der Waals surface area contributed by atoms with Gasteiger partial charge in [-0.1, -0.05) is 84.9 Å². The number of benzene rings is 3. The van der Waals surface area contributed by atoms with Gasteiger partial charge in [-0.05, 0) is 67.2 Å². The number of rotatable bonds is 8. The van der Waals surface area contributed by atoms with Crippen LogP contribution in [0.3, 0.4) is 0 Å². The van der Waals surface area contributed by atoms with Crippen molar-refractivity contribution in [3.63, 3.8) is 0 Å². The highest BCUT2D eigenvalue weighted by Crippen LogP contribution is 2.34. The SMILES string of the molecule is CC(C)(C)OC(=O)N1CC=C(c2cccc(-c3ccc(OCc4ccccc4)nc3OCc3ccccc3)c2)CC1. The summed E-state index contributed by atoms with van der Waals surface area (Å²) in [6, 6.07) is 32.4. The molecule has 3 aromatic carbocycles. The van der Waals surface area contributed by atoms with Gasteiger partial charge in [-0.25, -0.2) is 4.79 Å². The van der Waals surface area contributed by atoms with Crippen LogP contribution in [-0.4, -0.2) is 34.7 Å². The number of hydrogen-bond acceptors (Lipinski definition) is 5. The number of hydrogen-bond donors (Lipinski definition) is 0. The van der Waals surface area contributed by atoms with Crippen LogP contribution in [0.1, 0.15) is 43.9 Å². The molecule has 6 nitrogen and oxygen atoms in total. The molecule has 1 aliphatic rings.